The fourth-order valence-corrected chi connectivity index (χ4v) is 3.38. The Bertz CT molecular complexity index is 970. The number of nitrogens with zero attached hydrogens (tertiary/aromatic N) is 2. The molecule has 6 heteroatoms. The molecular weight excluding hydrogens is 362 g/mol. The Kier molecular flexibility index (Phi) is 5.84. The maximum absolute atomic E-state index is 12.4. The van der Waals surface area contributed by atoms with Crippen LogP contribution in [0.3, 0.4) is 0 Å². The second-order valence-electron chi connectivity index (χ2n) is 5.30. The number of anilines is 1. The molecule has 0 aliphatic rings. The number of hydrogen-bond acceptors (Lipinski definition) is 5. The Labute approximate surface area is 160 Å². The van der Waals surface area contributed by atoms with Crippen molar-refractivity contribution in [3.63, 3.8) is 0 Å². The van der Waals surface area contributed by atoms with Gasteiger partial charge in [0.2, 0.25) is 0 Å². The summed E-state index contributed by atoms with van der Waals surface area (Å²) in [5.74, 6) is -0.463. The van der Waals surface area contributed by atoms with Crippen LogP contribution < -0.4 is 5.32 Å². The van der Waals surface area contributed by atoms with Crippen molar-refractivity contribution in [3.05, 3.63) is 71.1 Å². The van der Waals surface area contributed by atoms with Gasteiger partial charge in [-0.1, -0.05) is 42.5 Å². The molecule has 0 aliphatic heterocycles. The minimum Gasteiger partial charge on any atom is -0.297 e. The number of nitrogens with one attached hydrogen (secondary N) is 1. The van der Waals surface area contributed by atoms with Crippen LogP contribution in [0.5, 0.6) is 0 Å². The highest BCUT2D eigenvalue weighted by Gasteiger charge is 2.12. The summed E-state index contributed by atoms with van der Waals surface area (Å²) in [6, 6.07) is 19.4. The van der Waals surface area contributed by atoms with E-state index in [0.29, 0.717) is 5.13 Å². The van der Waals surface area contributed by atoms with Crippen molar-refractivity contribution < 1.29 is 4.79 Å². The van der Waals surface area contributed by atoms with Gasteiger partial charge < -0.3 is 0 Å². The fraction of sp³-hybridized carbons (Fsp3) is 0.0500. The van der Waals surface area contributed by atoms with E-state index in [1.54, 1.807) is 17.8 Å². The highest BCUT2D eigenvalue weighted by Crippen LogP contribution is 2.25. The molecule has 1 heterocycles. The Morgan fingerprint density at radius 2 is 1.92 bits per heavy atom. The number of carbonyl (C=O) groups is 1. The van der Waals surface area contributed by atoms with Gasteiger partial charge in [-0.3, -0.25) is 10.1 Å². The van der Waals surface area contributed by atoms with E-state index in [9.17, 15) is 10.1 Å². The largest absolute Gasteiger partial charge is 0.297 e. The van der Waals surface area contributed by atoms with Crippen LogP contribution in [0, 0.1) is 11.3 Å². The zero-order valence-corrected chi connectivity index (χ0v) is 15.6. The number of amides is 1. The zero-order chi connectivity index (χ0) is 18.4. The summed E-state index contributed by atoms with van der Waals surface area (Å²) in [5, 5.41) is 14.4. The highest BCUT2D eigenvalue weighted by molar-refractivity contribution is 7.98. The van der Waals surface area contributed by atoms with Crippen LogP contribution in [0.4, 0.5) is 5.13 Å². The summed E-state index contributed by atoms with van der Waals surface area (Å²) < 4.78 is 0. The molecule has 1 amide bonds. The summed E-state index contributed by atoms with van der Waals surface area (Å²) in [7, 11) is 0. The quantitative estimate of drug-likeness (QED) is 0.383. The third-order valence-electron chi connectivity index (χ3n) is 3.59. The van der Waals surface area contributed by atoms with E-state index in [-0.39, 0.29) is 5.57 Å². The van der Waals surface area contributed by atoms with Gasteiger partial charge >= 0.3 is 0 Å². The SMILES string of the molecule is CSc1ccc(/C=C(/C#N)C(=O)Nc2nc(-c3ccccc3)cs2)cc1. The Balaban J connectivity index is 1.74. The lowest BCUT2D eigenvalue weighted by Crippen LogP contribution is -2.13. The Hall–Kier alpha value is -2.88. The molecule has 0 fully saturated rings. The normalized spacial score (nSPS) is 11.0. The lowest BCUT2D eigenvalue weighted by molar-refractivity contribution is -0.112. The van der Waals surface area contributed by atoms with E-state index in [1.165, 1.54) is 11.3 Å². The maximum Gasteiger partial charge on any atom is 0.268 e. The number of hydrogen-bond donors (Lipinski definition) is 1. The van der Waals surface area contributed by atoms with Crippen molar-refractivity contribution >= 4 is 40.2 Å². The van der Waals surface area contributed by atoms with Crippen molar-refractivity contribution in [1.82, 2.24) is 4.98 Å². The van der Waals surface area contributed by atoms with Crippen molar-refractivity contribution in [1.29, 1.82) is 5.26 Å². The van der Waals surface area contributed by atoms with E-state index in [2.05, 4.69) is 10.3 Å². The second-order valence-corrected chi connectivity index (χ2v) is 7.04. The van der Waals surface area contributed by atoms with Gasteiger partial charge in [0, 0.05) is 15.8 Å². The molecule has 1 N–H and O–H groups in total. The van der Waals surface area contributed by atoms with Gasteiger partial charge in [-0.15, -0.1) is 23.1 Å². The molecule has 0 radical (unpaired) electrons. The summed E-state index contributed by atoms with van der Waals surface area (Å²) >= 11 is 2.97. The molecule has 1 aromatic heterocycles. The first kappa shape index (κ1) is 17.9. The standard InChI is InChI=1S/C20H15N3OS2/c1-25-17-9-7-14(8-10-17)11-16(12-21)19(24)23-20-22-18(13-26-20)15-5-3-2-4-6-15/h2-11,13H,1H3,(H,22,23,24)/b16-11-. The molecule has 3 rings (SSSR count). The van der Waals surface area contributed by atoms with Crippen molar-refractivity contribution in [2.75, 3.05) is 11.6 Å². The van der Waals surface area contributed by atoms with Crippen molar-refractivity contribution in [3.8, 4) is 17.3 Å². The molecule has 2 aromatic carbocycles. The lowest BCUT2D eigenvalue weighted by atomic mass is 10.1. The summed E-state index contributed by atoms with van der Waals surface area (Å²) in [6.07, 6.45) is 3.57. The van der Waals surface area contributed by atoms with Gasteiger partial charge in [0.25, 0.3) is 5.91 Å². The van der Waals surface area contributed by atoms with Gasteiger partial charge in [0.05, 0.1) is 5.69 Å². The molecule has 26 heavy (non-hydrogen) atoms. The Morgan fingerprint density at radius 1 is 1.19 bits per heavy atom. The molecule has 128 valence electrons. The molecule has 3 aromatic rings. The predicted octanol–water partition coefficient (Wildman–Crippen LogP) is 5.08. The number of aromatic nitrogens is 1. The van der Waals surface area contributed by atoms with Crippen molar-refractivity contribution in [2.24, 2.45) is 0 Å². The molecule has 0 saturated carbocycles. The number of benzene rings is 2. The first-order valence-electron chi connectivity index (χ1n) is 7.78. The average Bonchev–Trinajstić information content (AvgIpc) is 3.15. The number of thioether (sulfide) groups is 1. The van der Waals surface area contributed by atoms with Crippen LogP contribution in [0.1, 0.15) is 5.56 Å². The van der Waals surface area contributed by atoms with Gasteiger partial charge in [-0.25, -0.2) is 4.98 Å². The second kappa shape index (κ2) is 8.48. The molecule has 0 unspecified atom stereocenters. The molecule has 0 atom stereocenters. The first-order valence-corrected chi connectivity index (χ1v) is 9.88. The van der Waals surface area contributed by atoms with Gasteiger partial charge in [0.15, 0.2) is 5.13 Å². The maximum atomic E-state index is 12.4. The van der Waals surface area contributed by atoms with Crippen molar-refractivity contribution in [2.45, 2.75) is 4.90 Å². The van der Waals surface area contributed by atoms with E-state index in [1.807, 2.05) is 72.3 Å². The molecule has 0 aliphatic carbocycles. The van der Waals surface area contributed by atoms with Crippen LogP contribution in [-0.4, -0.2) is 17.1 Å². The van der Waals surface area contributed by atoms with E-state index in [4.69, 9.17) is 0 Å². The molecule has 4 nitrogen and oxygen atoms in total. The van der Waals surface area contributed by atoms with E-state index >= 15 is 0 Å². The van der Waals surface area contributed by atoms with E-state index in [0.717, 1.165) is 21.7 Å². The van der Waals surface area contributed by atoms with Crippen LogP contribution in [0.2, 0.25) is 0 Å². The summed E-state index contributed by atoms with van der Waals surface area (Å²) in [4.78, 5) is 17.9. The highest BCUT2D eigenvalue weighted by atomic mass is 32.2. The topological polar surface area (TPSA) is 65.8 Å². The van der Waals surface area contributed by atoms with Gasteiger partial charge in [-0.2, -0.15) is 5.26 Å². The lowest BCUT2D eigenvalue weighted by Gasteiger charge is -2.01. The predicted molar refractivity (Wildman–Crippen MR) is 108 cm³/mol. The summed E-state index contributed by atoms with van der Waals surface area (Å²) in [6.45, 7) is 0. The van der Waals surface area contributed by atoms with Crippen LogP contribution in [0.25, 0.3) is 17.3 Å². The van der Waals surface area contributed by atoms with Gasteiger partial charge in [-0.05, 0) is 30.0 Å². The molecule has 0 bridgehead atoms. The first-order chi connectivity index (χ1) is 12.7. The van der Waals surface area contributed by atoms with Crippen LogP contribution in [-0.2, 0) is 4.79 Å². The third-order valence-corrected chi connectivity index (χ3v) is 5.09. The third kappa shape index (κ3) is 4.39. The average molecular weight is 377 g/mol. The van der Waals surface area contributed by atoms with Crippen LogP contribution in [0.15, 0.2) is 70.4 Å². The number of rotatable bonds is 5. The van der Waals surface area contributed by atoms with Crippen LogP contribution >= 0.6 is 23.1 Å². The van der Waals surface area contributed by atoms with E-state index < -0.39 is 5.91 Å². The smallest absolute Gasteiger partial charge is 0.268 e. The fourth-order valence-electron chi connectivity index (χ4n) is 2.25. The van der Waals surface area contributed by atoms with Gasteiger partial charge in [0.1, 0.15) is 11.6 Å². The molecule has 0 spiro atoms. The number of carbonyl (C=O) groups excluding carboxylic acids is 1. The monoisotopic (exact) mass is 377 g/mol. The Morgan fingerprint density at radius 3 is 2.58 bits per heavy atom. The molecular formula is C20H15N3OS2. The minimum atomic E-state index is -0.463. The summed E-state index contributed by atoms with van der Waals surface area (Å²) in [5.41, 5.74) is 2.62. The number of nitriles is 1. The number of thiazole rings is 1. The molecule has 0 saturated heterocycles. The zero-order valence-electron chi connectivity index (χ0n) is 14.0. The minimum absolute atomic E-state index is 0.0402.